The van der Waals surface area contributed by atoms with Gasteiger partial charge < -0.3 is 15.1 Å². The van der Waals surface area contributed by atoms with Crippen LogP contribution in [-0.4, -0.2) is 60.7 Å². The fourth-order valence-corrected chi connectivity index (χ4v) is 3.63. The van der Waals surface area contributed by atoms with Crippen LogP contribution in [0.3, 0.4) is 0 Å². The van der Waals surface area contributed by atoms with Crippen LogP contribution in [0.4, 0.5) is 27.8 Å². The van der Waals surface area contributed by atoms with Crippen molar-refractivity contribution in [2.45, 2.75) is 6.92 Å². The Kier molecular flexibility index (Phi) is 4.94. The first-order valence-corrected chi connectivity index (χ1v) is 10.0. The minimum Gasteiger partial charge on any atom is -0.353 e. The van der Waals surface area contributed by atoms with Crippen molar-refractivity contribution in [3.05, 3.63) is 53.5 Å². The first-order valence-electron chi connectivity index (χ1n) is 9.66. The maximum absolute atomic E-state index is 13.1. The van der Waals surface area contributed by atoms with Crippen molar-refractivity contribution in [2.24, 2.45) is 0 Å². The average Bonchev–Trinajstić information content (AvgIpc) is 3.23. The molecule has 0 bridgehead atoms. The van der Waals surface area contributed by atoms with Crippen molar-refractivity contribution in [1.82, 2.24) is 34.5 Å². The first kappa shape index (κ1) is 19.4. The Hall–Kier alpha value is -3.60. The summed E-state index contributed by atoms with van der Waals surface area (Å²) < 4.78 is 14.9. The third-order valence-electron chi connectivity index (χ3n) is 4.94. The third kappa shape index (κ3) is 4.04. The molecule has 1 fully saturated rings. The average molecular weight is 441 g/mol. The number of anilines is 4. The van der Waals surface area contributed by atoms with Gasteiger partial charge in [0.05, 0.1) is 0 Å². The molecular weight excluding hydrogens is 423 g/mol. The molecule has 0 atom stereocenters. The van der Waals surface area contributed by atoms with Gasteiger partial charge in [-0.1, -0.05) is 0 Å². The lowest BCUT2D eigenvalue weighted by Crippen LogP contribution is -2.47. The Morgan fingerprint density at radius 2 is 1.71 bits per heavy atom. The lowest BCUT2D eigenvalue weighted by atomic mass is 10.3. The molecule has 1 saturated heterocycles. The summed E-state index contributed by atoms with van der Waals surface area (Å²) in [5.74, 6) is 2.01. The van der Waals surface area contributed by atoms with E-state index in [1.807, 2.05) is 17.9 Å². The SMILES string of the molecule is Cc1cc(N2CCN(c3nc(Cl)nc(Nc4ccc(F)cc4)n3)CC2)n2ncnc2n1. The summed E-state index contributed by atoms with van der Waals surface area (Å²) in [6.45, 7) is 4.80. The number of hydrogen-bond donors (Lipinski definition) is 1. The van der Waals surface area contributed by atoms with E-state index in [1.165, 1.54) is 18.5 Å². The number of benzene rings is 1. The molecule has 4 heterocycles. The van der Waals surface area contributed by atoms with Gasteiger partial charge in [0, 0.05) is 43.6 Å². The Morgan fingerprint density at radius 3 is 2.48 bits per heavy atom. The largest absolute Gasteiger partial charge is 0.353 e. The number of halogens is 2. The molecule has 0 aliphatic carbocycles. The van der Waals surface area contributed by atoms with Gasteiger partial charge in [-0.05, 0) is 42.8 Å². The molecule has 0 amide bonds. The maximum Gasteiger partial charge on any atom is 0.254 e. The van der Waals surface area contributed by atoms with E-state index in [0.717, 1.165) is 24.6 Å². The van der Waals surface area contributed by atoms with Crippen LogP contribution in [0.2, 0.25) is 5.28 Å². The summed E-state index contributed by atoms with van der Waals surface area (Å²) in [6, 6.07) is 7.93. The van der Waals surface area contributed by atoms with E-state index < -0.39 is 0 Å². The number of aromatic nitrogens is 7. The van der Waals surface area contributed by atoms with Gasteiger partial charge >= 0.3 is 0 Å². The standard InChI is InChI=1S/C19H18ClFN10/c1-12-10-15(31-18(24-12)22-11-23-31)29-6-8-30(9-7-29)19-27-16(20)26-17(28-19)25-14-4-2-13(21)3-5-14/h2-5,10-11H,6-9H2,1H3,(H,25,26,27,28). The predicted molar refractivity (Wildman–Crippen MR) is 114 cm³/mol. The van der Waals surface area contributed by atoms with Gasteiger partial charge in [0.15, 0.2) is 0 Å². The van der Waals surface area contributed by atoms with Gasteiger partial charge in [0.25, 0.3) is 5.78 Å². The van der Waals surface area contributed by atoms with E-state index in [0.29, 0.717) is 36.5 Å². The molecule has 1 aromatic carbocycles. The van der Waals surface area contributed by atoms with Crippen LogP contribution in [0.15, 0.2) is 36.7 Å². The second-order valence-corrected chi connectivity index (χ2v) is 7.40. The lowest BCUT2D eigenvalue weighted by Gasteiger charge is -2.35. The molecule has 1 aliphatic rings. The molecule has 0 radical (unpaired) electrons. The predicted octanol–water partition coefficient (Wildman–Crippen LogP) is 2.48. The second kappa shape index (κ2) is 7.91. The van der Waals surface area contributed by atoms with Crippen molar-refractivity contribution in [1.29, 1.82) is 0 Å². The highest BCUT2D eigenvalue weighted by molar-refractivity contribution is 6.28. The molecule has 0 spiro atoms. The molecule has 5 rings (SSSR count). The fraction of sp³-hybridized carbons (Fsp3) is 0.263. The molecule has 31 heavy (non-hydrogen) atoms. The van der Waals surface area contributed by atoms with E-state index in [9.17, 15) is 4.39 Å². The van der Waals surface area contributed by atoms with E-state index in [4.69, 9.17) is 11.6 Å². The van der Waals surface area contributed by atoms with Crippen molar-refractivity contribution >= 4 is 40.8 Å². The van der Waals surface area contributed by atoms with Crippen LogP contribution in [0.5, 0.6) is 0 Å². The summed E-state index contributed by atoms with van der Waals surface area (Å²) >= 11 is 6.13. The quantitative estimate of drug-likeness (QED) is 0.512. The topological polar surface area (TPSA) is 100 Å². The number of nitrogens with one attached hydrogen (secondary N) is 1. The zero-order chi connectivity index (χ0) is 21.4. The number of rotatable bonds is 4. The lowest BCUT2D eigenvalue weighted by molar-refractivity contribution is 0.625. The highest BCUT2D eigenvalue weighted by Crippen LogP contribution is 2.22. The molecule has 4 aromatic rings. The van der Waals surface area contributed by atoms with Gasteiger partial charge in [0.2, 0.25) is 17.2 Å². The molecule has 12 heteroatoms. The fourth-order valence-electron chi connectivity index (χ4n) is 3.47. The summed E-state index contributed by atoms with van der Waals surface area (Å²) in [5.41, 5.74) is 1.54. The normalized spacial score (nSPS) is 14.3. The minimum absolute atomic E-state index is 0.0890. The van der Waals surface area contributed by atoms with Crippen LogP contribution in [-0.2, 0) is 0 Å². The maximum atomic E-state index is 13.1. The van der Waals surface area contributed by atoms with E-state index >= 15 is 0 Å². The van der Waals surface area contributed by atoms with Crippen molar-refractivity contribution in [3.63, 3.8) is 0 Å². The molecule has 158 valence electrons. The van der Waals surface area contributed by atoms with Gasteiger partial charge in [0.1, 0.15) is 18.0 Å². The molecule has 3 aromatic heterocycles. The summed E-state index contributed by atoms with van der Waals surface area (Å²) in [7, 11) is 0. The number of aryl methyl sites for hydroxylation is 1. The van der Waals surface area contributed by atoms with Gasteiger partial charge in [-0.3, -0.25) is 0 Å². The first-order chi connectivity index (χ1) is 15.0. The second-order valence-electron chi connectivity index (χ2n) is 7.06. The highest BCUT2D eigenvalue weighted by atomic mass is 35.5. The zero-order valence-corrected chi connectivity index (χ0v) is 17.3. The van der Waals surface area contributed by atoms with Crippen LogP contribution >= 0.6 is 11.6 Å². The summed E-state index contributed by atoms with van der Waals surface area (Å²) in [4.78, 5) is 25.8. The van der Waals surface area contributed by atoms with Crippen molar-refractivity contribution in [2.75, 3.05) is 41.3 Å². The molecule has 0 unspecified atom stereocenters. The van der Waals surface area contributed by atoms with Gasteiger partial charge in [-0.15, -0.1) is 0 Å². The van der Waals surface area contributed by atoms with Crippen molar-refractivity contribution < 1.29 is 4.39 Å². The summed E-state index contributed by atoms with van der Waals surface area (Å²) in [6.07, 6.45) is 1.50. The highest BCUT2D eigenvalue weighted by Gasteiger charge is 2.23. The van der Waals surface area contributed by atoms with Gasteiger partial charge in [-0.2, -0.15) is 29.5 Å². The smallest absolute Gasteiger partial charge is 0.254 e. The zero-order valence-electron chi connectivity index (χ0n) is 16.6. The van der Waals surface area contributed by atoms with Crippen LogP contribution in [0.1, 0.15) is 5.69 Å². The Bertz CT molecular complexity index is 1220. The van der Waals surface area contributed by atoms with E-state index in [1.54, 1.807) is 16.6 Å². The van der Waals surface area contributed by atoms with E-state index in [-0.39, 0.29) is 11.1 Å². The summed E-state index contributed by atoms with van der Waals surface area (Å²) in [5, 5.41) is 7.41. The Balaban J connectivity index is 1.32. The van der Waals surface area contributed by atoms with Crippen LogP contribution < -0.4 is 15.1 Å². The van der Waals surface area contributed by atoms with E-state index in [2.05, 4.69) is 40.2 Å². The number of nitrogens with zero attached hydrogens (tertiary/aromatic N) is 9. The molecule has 10 nitrogen and oxygen atoms in total. The van der Waals surface area contributed by atoms with Crippen LogP contribution in [0, 0.1) is 12.7 Å². The molecular formula is C19H18ClFN10. The number of hydrogen-bond acceptors (Lipinski definition) is 9. The number of fused-ring (bicyclic) bond motifs is 1. The molecule has 1 aliphatic heterocycles. The van der Waals surface area contributed by atoms with Gasteiger partial charge in [-0.25, -0.2) is 9.37 Å². The molecule has 0 saturated carbocycles. The minimum atomic E-state index is -0.314. The third-order valence-corrected chi connectivity index (χ3v) is 5.11. The van der Waals surface area contributed by atoms with Crippen molar-refractivity contribution in [3.8, 4) is 0 Å². The Morgan fingerprint density at radius 1 is 0.968 bits per heavy atom. The number of piperazine rings is 1. The molecule has 1 N–H and O–H groups in total. The Labute approximate surface area is 181 Å². The van der Waals surface area contributed by atoms with Crippen LogP contribution in [0.25, 0.3) is 5.78 Å². The monoisotopic (exact) mass is 440 g/mol.